The highest BCUT2D eigenvalue weighted by Gasteiger charge is 2.31. The zero-order valence-corrected chi connectivity index (χ0v) is 12.7. The first kappa shape index (κ1) is 15.4. The molecular weight excluding hydrogens is 270 g/mol. The second-order valence-corrected chi connectivity index (χ2v) is 6.11. The Hall–Kier alpha value is -2.04. The highest BCUT2D eigenvalue weighted by molar-refractivity contribution is 5.89. The van der Waals surface area contributed by atoms with Crippen LogP contribution in [-0.4, -0.2) is 41.8 Å². The largest absolute Gasteiger partial charge is 0.457 e. The Labute approximate surface area is 124 Å². The molecule has 1 amide bonds. The van der Waals surface area contributed by atoms with Crippen molar-refractivity contribution in [2.75, 3.05) is 13.1 Å². The molecule has 0 aliphatic carbocycles. The number of amides is 1. The molecule has 1 aromatic rings. The van der Waals surface area contributed by atoms with E-state index in [9.17, 15) is 9.59 Å². The van der Waals surface area contributed by atoms with Gasteiger partial charge in [0.25, 0.3) is 0 Å². The predicted octanol–water partition coefficient (Wildman–Crippen LogP) is 2.85. The summed E-state index contributed by atoms with van der Waals surface area (Å²) in [6.45, 7) is 6.41. The van der Waals surface area contributed by atoms with Crippen molar-refractivity contribution >= 4 is 12.1 Å². The van der Waals surface area contributed by atoms with E-state index >= 15 is 0 Å². The highest BCUT2D eigenvalue weighted by Crippen LogP contribution is 2.18. The maximum Gasteiger partial charge on any atom is 0.410 e. The lowest BCUT2D eigenvalue weighted by Crippen LogP contribution is -2.36. The lowest BCUT2D eigenvalue weighted by molar-refractivity contribution is 0.0191. The van der Waals surface area contributed by atoms with Crippen LogP contribution in [0.15, 0.2) is 30.3 Å². The van der Waals surface area contributed by atoms with Crippen molar-refractivity contribution < 1.29 is 19.1 Å². The molecule has 1 heterocycles. The number of ether oxygens (including phenoxy) is 2. The lowest BCUT2D eigenvalue weighted by Gasteiger charge is -2.24. The maximum atomic E-state index is 11.9. The first-order chi connectivity index (χ1) is 9.85. The summed E-state index contributed by atoms with van der Waals surface area (Å²) in [7, 11) is 0. The molecule has 114 valence electrons. The van der Waals surface area contributed by atoms with Crippen LogP contribution in [0.1, 0.15) is 37.6 Å². The Kier molecular flexibility index (Phi) is 4.50. The smallest absolute Gasteiger partial charge is 0.410 e. The molecule has 0 N–H and O–H groups in total. The Balaban J connectivity index is 1.86. The molecule has 0 aromatic heterocycles. The minimum absolute atomic E-state index is 0.273. The molecule has 0 radical (unpaired) electrons. The molecule has 1 unspecified atom stereocenters. The number of benzene rings is 1. The number of esters is 1. The molecule has 0 spiro atoms. The van der Waals surface area contributed by atoms with Crippen molar-refractivity contribution in [1.82, 2.24) is 4.90 Å². The van der Waals surface area contributed by atoms with E-state index in [1.54, 1.807) is 29.2 Å². The third-order valence-corrected chi connectivity index (χ3v) is 3.08. The molecule has 1 aromatic carbocycles. The second-order valence-electron chi connectivity index (χ2n) is 6.11. The Morgan fingerprint density at radius 2 is 1.86 bits per heavy atom. The van der Waals surface area contributed by atoms with Crippen LogP contribution in [-0.2, 0) is 9.47 Å². The summed E-state index contributed by atoms with van der Waals surface area (Å²) in [4.78, 5) is 25.5. The molecular formula is C16H21NO4. The average molecular weight is 291 g/mol. The molecule has 1 saturated heterocycles. The fourth-order valence-corrected chi connectivity index (χ4v) is 2.11. The van der Waals surface area contributed by atoms with Gasteiger partial charge < -0.3 is 14.4 Å². The van der Waals surface area contributed by atoms with Crippen molar-refractivity contribution in [2.24, 2.45) is 0 Å². The van der Waals surface area contributed by atoms with Gasteiger partial charge in [-0.15, -0.1) is 0 Å². The van der Waals surface area contributed by atoms with E-state index in [-0.39, 0.29) is 18.2 Å². The molecule has 0 bridgehead atoms. The number of nitrogens with zero attached hydrogens (tertiary/aromatic N) is 1. The minimum Gasteiger partial charge on any atom is -0.457 e. The van der Waals surface area contributed by atoms with Gasteiger partial charge in [0.1, 0.15) is 11.7 Å². The van der Waals surface area contributed by atoms with Crippen molar-refractivity contribution in [3.63, 3.8) is 0 Å². The van der Waals surface area contributed by atoms with Crippen molar-refractivity contribution in [1.29, 1.82) is 0 Å². The van der Waals surface area contributed by atoms with Gasteiger partial charge in [-0.05, 0) is 32.9 Å². The van der Waals surface area contributed by atoms with Crippen molar-refractivity contribution in [3.05, 3.63) is 35.9 Å². The summed E-state index contributed by atoms with van der Waals surface area (Å²) in [5.41, 5.74) is 0.00353. The summed E-state index contributed by atoms with van der Waals surface area (Å²) in [6, 6.07) is 8.85. The number of hydrogen-bond donors (Lipinski definition) is 0. The molecule has 1 fully saturated rings. The van der Waals surface area contributed by atoms with Crippen LogP contribution in [0.25, 0.3) is 0 Å². The topological polar surface area (TPSA) is 55.8 Å². The molecule has 0 saturated carbocycles. The summed E-state index contributed by atoms with van der Waals surface area (Å²) < 4.78 is 10.7. The Bertz CT molecular complexity index is 507. The van der Waals surface area contributed by atoms with Gasteiger partial charge in [-0.1, -0.05) is 18.2 Å². The van der Waals surface area contributed by atoms with Crippen molar-refractivity contribution in [3.8, 4) is 0 Å². The van der Waals surface area contributed by atoms with E-state index in [0.29, 0.717) is 25.1 Å². The lowest BCUT2D eigenvalue weighted by atomic mass is 10.2. The van der Waals surface area contributed by atoms with Crippen molar-refractivity contribution in [2.45, 2.75) is 38.9 Å². The summed E-state index contributed by atoms with van der Waals surface area (Å²) in [5.74, 6) is -0.355. The normalized spacial score (nSPS) is 18.4. The van der Waals surface area contributed by atoms with Crippen LogP contribution < -0.4 is 0 Å². The van der Waals surface area contributed by atoms with E-state index in [1.807, 2.05) is 26.8 Å². The van der Waals surface area contributed by atoms with Crippen LogP contribution in [0.2, 0.25) is 0 Å². The molecule has 21 heavy (non-hydrogen) atoms. The molecule has 2 rings (SSSR count). The zero-order valence-electron chi connectivity index (χ0n) is 12.7. The number of rotatable bonds is 2. The molecule has 5 nitrogen and oxygen atoms in total. The average Bonchev–Trinajstić information content (AvgIpc) is 2.86. The van der Waals surface area contributed by atoms with Gasteiger partial charge in [0.15, 0.2) is 0 Å². The van der Waals surface area contributed by atoms with Gasteiger partial charge in [-0.25, -0.2) is 9.59 Å². The van der Waals surface area contributed by atoms with E-state index in [1.165, 1.54) is 0 Å². The van der Waals surface area contributed by atoms with Crippen LogP contribution in [0.3, 0.4) is 0 Å². The summed E-state index contributed by atoms with van der Waals surface area (Å²) in [6.07, 6.45) is 0.00338. The molecule has 1 aliphatic heterocycles. The highest BCUT2D eigenvalue weighted by atomic mass is 16.6. The quantitative estimate of drug-likeness (QED) is 0.786. The first-order valence-electron chi connectivity index (χ1n) is 7.09. The minimum atomic E-state index is -0.518. The fourth-order valence-electron chi connectivity index (χ4n) is 2.11. The maximum absolute atomic E-state index is 11.9. The van der Waals surface area contributed by atoms with Gasteiger partial charge >= 0.3 is 12.1 Å². The van der Waals surface area contributed by atoms with Gasteiger partial charge in [-0.3, -0.25) is 0 Å². The molecule has 5 heteroatoms. The number of likely N-dealkylation sites (tertiary alicyclic amines) is 1. The van der Waals surface area contributed by atoms with E-state index < -0.39 is 5.60 Å². The van der Waals surface area contributed by atoms with E-state index in [0.717, 1.165) is 0 Å². The number of carbonyl (C=O) groups excluding carboxylic acids is 2. The predicted molar refractivity (Wildman–Crippen MR) is 78.1 cm³/mol. The standard InChI is InChI=1S/C16H21NO4/c1-16(2,3)21-15(19)17-10-9-13(11-17)20-14(18)12-7-5-4-6-8-12/h4-8,13H,9-11H2,1-3H3. The number of hydrogen-bond acceptors (Lipinski definition) is 4. The van der Waals surface area contributed by atoms with Gasteiger partial charge in [0.2, 0.25) is 0 Å². The van der Waals surface area contributed by atoms with Crippen LogP contribution in [0, 0.1) is 0 Å². The Morgan fingerprint density at radius 1 is 1.19 bits per heavy atom. The van der Waals surface area contributed by atoms with Gasteiger partial charge in [0.05, 0.1) is 12.1 Å². The third-order valence-electron chi connectivity index (χ3n) is 3.08. The zero-order chi connectivity index (χ0) is 15.5. The van der Waals surface area contributed by atoms with E-state index in [4.69, 9.17) is 9.47 Å². The van der Waals surface area contributed by atoms with Gasteiger partial charge in [0, 0.05) is 13.0 Å². The first-order valence-corrected chi connectivity index (χ1v) is 7.09. The van der Waals surface area contributed by atoms with E-state index in [2.05, 4.69) is 0 Å². The van der Waals surface area contributed by atoms with Crippen LogP contribution >= 0.6 is 0 Å². The number of carbonyl (C=O) groups is 2. The monoisotopic (exact) mass is 291 g/mol. The summed E-state index contributed by atoms with van der Waals surface area (Å²) >= 11 is 0. The molecule has 1 atom stereocenters. The fraction of sp³-hybridized carbons (Fsp3) is 0.500. The van der Waals surface area contributed by atoms with Crippen LogP contribution in [0.5, 0.6) is 0 Å². The summed E-state index contributed by atoms with van der Waals surface area (Å²) in [5, 5.41) is 0. The Morgan fingerprint density at radius 3 is 2.48 bits per heavy atom. The third kappa shape index (κ3) is 4.48. The SMILES string of the molecule is CC(C)(C)OC(=O)N1CCC(OC(=O)c2ccccc2)C1. The van der Waals surface area contributed by atoms with Crippen LogP contribution in [0.4, 0.5) is 4.79 Å². The molecule has 1 aliphatic rings. The van der Waals surface area contributed by atoms with Gasteiger partial charge in [-0.2, -0.15) is 0 Å². The second kappa shape index (κ2) is 6.16.